The molecule has 24 heavy (non-hydrogen) atoms. The van der Waals surface area contributed by atoms with Gasteiger partial charge in [-0.1, -0.05) is 30.3 Å². The molecule has 1 aromatic carbocycles. The Hall–Kier alpha value is -1.39. The maximum absolute atomic E-state index is 12.9. The first kappa shape index (κ1) is 16.1. The number of amides is 1. The van der Waals surface area contributed by atoms with Gasteiger partial charge < -0.3 is 9.64 Å². The van der Waals surface area contributed by atoms with Gasteiger partial charge in [0, 0.05) is 32.2 Å². The van der Waals surface area contributed by atoms with Crippen molar-refractivity contribution in [2.24, 2.45) is 5.92 Å². The molecule has 0 aliphatic carbocycles. The summed E-state index contributed by atoms with van der Waals surface area (Å²) < 4.78 is 5.89. The number of benzene rings is 1. The molecule has 3 aliphatic rings. The lowest BCUT2D eigenvalue weighted by Crippen LogP contribution is -2.42. The second-order valence-electron chi connectivity index (χ2n) is 7.64. The zero-order valence-electron chi connectivity index (χ0n) is 14.6. The summed E-state index contributed by atoms with van der Waals surface area (Å²) in [4.78, 5) is 17.6. The third-order valence-corrected chi connectivity index (χ3v) is 6.06. The lowest BCUT2D eigenvalue weighted by atomic mass is 9.88. The first-order chi connectivity index (χ1) is 11.7. The summed E-state index contributed by atoms with van der Waals surface area (Å²) in [5.74, 6) is 0.468. The molecule has 0 spiro atoms. The average Bonchev–Trinajstić information content (AvgIpc) is 3.19. The molecule has 0 N–H and O–H groups in total. The molecule has 0 saturated carbocycles. The van der Waals surface area contributed by atoms with E-state index in [-0.39, 0.29) is 12.0 Å². The fraction of sp³-hybridized carbons (Fsp3) is 0.650. The van der Waals surface area contributed by atoms with Crippen molar-refractivity contribution >= 4 is 5.91 Å². The lowest BCUT2D eigenvalue weighted by Gasteiger charge is -2.27. The Balaban J connectivity index is 1.37. The highest BCUT2D eigenvalue weighted by Gasteiger charge is 2.45. The third kappa shape index (κ3) is 3.22. The van der Waals surface area contributed by atoms with E-state index in [2.05, 4.69) is 47.1 Å². The van der Waals surface area contributed by atoms with Gasteiger partial charge in [0.15, 0.2) is 0 Å². The molecular formula is C20H28N2O2. The Morgan fingerprint density at radius 3 is 2.67 bits per heavy atom. The summed E-state index contributed by atoms with van der Waals surface area (Å²) in [6, 6.07) is 11.2. The summed E-state index contributed by atoms with van der Waals surface area (Å²) in [6.07, 6.45) is 4.78. The van der Waals surface area contributed by atoms with Crippen molar-refractivity contribution in [2.75, 3.05) is 19.6 Å². The van der Waals surface area contributed by atoms with Gasteiger partial charge in [-0.15, -0.1) is 0 Å². The van der Waals surface area contributed by atoms with Crippen molar-refractivity contribution in [3.05, 3.63) is 35.9 Å². The zero-order chi connectivity index (χ0) is 16.5. The van der Waals surface area contributed by atoms with Gasteiger partial charge >= 0.3 is 0 Å². The van der Waals surface area contributed by atoms with E-state index in [1.165, 1.54) is 5.56 Å². The van der Waals surface area contributed by atoms with Crippen LogP contribution in [-0.4, -0.2) is 53.6 Å². The topological polar surface area (TPSA) is 32.8 Å². The second kappa shape index (κ2) is 6.85. The Bertz CT molecular complexity index is 576. The molecule has 1 amide bonds. The number of hydrogen-bond acceptors (Lipinski definition) is 3. The summed E-state index contributed by atoms with van der Waals surface area (Å²) in [5.41, 5.74) is 1.35. The molecule has 0 aromatic heterocycles. The minimum atomic E-state index is 0.125. The Labute approximate surface area is 144 Å². The Kier molecular flexibility index (Phi) is 4.59. The lowest BCUT2D eigenvalue weighted by molar-refractivity contribution is -0.137. The van der Waals surface area contributed by atoms with E-state index in [0.717, 1.165) is 51.9 Å². The molecule has 3 fully saturated rings. The highest BCUT2D eigenvalue weighted by Crippen LogP contribution is 2.39. The fourth-order valence-corrected chi connectivity index (χ4v) is 4.51. The smallest absolute Gasteiger partial charge is 0.228 e. The Morgan fingerprint density at radius 1 is 1.12 bits per heavy atom. The second-order valence-corrected chi connectivity index (χ2v) is 7.64. The van der Waals surface area contributed by atoms with Crippen molar-refractivity contribution in [1.82, 2.24) is 9.80 Å². The first-order valence-electron chi connectivity index (χ1n) is 9.43. The number of rotatable bonds is 3. The molecule has 1 aromatic rings. The van der Waals surface area contributed by atoms with Crippen LogP contribution in [0.3, 0.4) is 0 Å². The van der Waals surface area contributed by atoms with Gasteiger partial charge in [0.05, 0.1) is 18.1 Å². The van der Waals surface area contributed by atoms with Crippen LogP contribution in [0.4, 0.5) is 0 Å². The van der Waals surface area contributed by atoms with Crippen LogP contribution in [0.2, 0.25) is 0 Å². The first-order valence-corrected chi connectivity index (χ1v) is 9.43. The van der Waals surface area contributed by atoms with Crippen LogP contribution >= 0.6 is 0 Å². The molecule has 4 nitrogen and oxygen atoms in total. The quantitative estimate of drug-likeness (QED) is 0.855. The van der Waals surface area contributed by atoms with Crippen LogP contribution in [0.25, 0.3) is 0 Å². The number of carbonyl (C=O) groups is 1. The summed E-state index contributed by atoms with van der Waals surface area (Å²) >= 11 is 0. The highest BCUT2D eigenvalue weighted by atomic mass is 16.5. The standard InChI is InChI=1S/C20H28N2O2/c1-15-9-10-21(20(23)18-13-17-7-8-19(18)24-17)11-12-22(15)14-16-5-3-2-4-6-16/h2-6,15,17-19H,7-14H2,1H3/t15-,17+,18+,19+/m0/s1. The predicted molar refractivity (Wildman–Crippen MR) is 93.5 cm³/mol. The van der Waals surface area contributed by atoms with Crippen LogP contribution < -0.4 is 0 Å². The van der Waals surface area contributed by atoms with E-state index >= 15 is 0 Å². The van der Waals surface area contributed by atoms with Crippen molar-refractivity contribution < 1.29 is 9.53 Å². The third-order valence-electron chi connectivity index (χ3n) is 6.06. The van der Waals surface area contributed by atoms with Gasteiger partial charge in [-0.25, -0.2) is 0 Å². The van der Waals surface area contributed by atoms with E-state index in [0.29, 0.717) is 18.1 Å². The van der Waals surface area contributed by atoms with Gasteiger partial charge in [0.1, 0.15) is 0 Å². The molecule has 4 heteroatoms. The fourth-order valence-electron chi connectivity index (χ4n) is 4.51. The number of ether oxygens (including phenoxy) is 1. The number of fused-ring (bicyclic) bond motifs is 2. The van der Waals surface area contributed by atoms with Crippen molar-refractivity contribution in [2.45, 2.75) is 57.4 Å². The maximum Gasteiger partial charge on any atom is 0.228 e. The molecule has 0 radical (unpaired) electrons. The van der Waals surface area contributed by atoms with Gasteiger partial charge in [0.25, 0.3) is 0 Å². The molecule has 0 unspecified atom stereocenters. The van der Waals surface area contributed by atoms with E-state index in [4.69, 9.17) is 4.74 Å². The van der Waals surface area contributed by atoms with Crippen molar-refractivity contribution in [1.29, 1.82) is 0 Å². The van der Waals surface area contributed by atoms with Crippen LogP contribution in [0.5, 0.6) is 0 Å². The number of carbonyl (C=O) groups excluding carboxylic acids is 1. The molecular weight excluding hydrogens is 300 g/mol. The number of hydrogen-bond donors (Lipinski definition) is 0. The molecule has 130 valence electrons. The summed E-state index contributed by atoms with van der Waals surface area (Å²) in [5, 5.41) is 0. The van der Waals surface area contributed by atoms with E-state index in [1.54, 1.807) is 0 Å². The molecule has 2 bridgehead atoms. The van der Waals surface area contributed by atoms with E-state index < -0.39 is 0 Å². The zero-order valence-corrected chi connectivity index (χ0v) is 14.6. The predicted octanol–water partition coefficient (Wildman–Crippen LogP) is 2.68. The molecule has 4 rings (SSSR count). The van der Waals surface area contributed by atoms with Gasteiger partial charge in [0.2, 0.25) is 5.91 Å². The highest BCUT2D eigenvalue weighted by molar-refractivity contribution is 5.80. The van der Waals surface area contributed by atoms with Crippen LogP contribution in [0.1, 0.15) is 38.2 Å². The Morgan fingerprint density at radius 2 is 1.96 bits per heavy atom. The van der Waals surface area contributed by atoms with Crippen molar-refractivity contribution in [3.63, 3.8) is 0 Å². The van der Waals surface area contributed by atoms with Gasteiger partial charge in [-0.2, -0.15) is 0 Å². The molecule has 3 aliphatic heterocycles. The van der Waals surface area contributed by atoms with E-state index in [9.17, 15) is 4.79 Å². The van der Waals surface area contributed by atoms with Crippen LogP contribution in [0.15, 0.2) is 30.3 Å². The normalized spacial score (nSPS) is 33.6. The van der Waals surface area contributed by atoms with Gasteiger partial charge in [-0.05, 0) is 38.2 Å². The molecule has 4 atom stereocenters. The monoisotopic (exact) mass is 328 g/mol. The SMILES string of the molecule is C[C@H]1CCN(C(=O)[C@@H]2C[C@H]3CC[C@H]2O3)CCN1Cc1ccccc1. The van der Waals surface area contributed by atoms with Crippen LogP contribution in [-0.2, 0) is 16.1 Å². The number of nitrogens with zero attached hydrogens (tertiary/aromatic N) is 2. The van der Waals surface area contributed by atoms with Crippen LogP contribution in [0, 0.1) is 5.92 Å². The average molecular weight is 328 g/mol. The minimum Gasteiger partial charge on any atom is -0.374 e. The van der Waals surface area contributed by atoms with Gasteiger partial charge in [-0.3, -0.25) is 9.69 Å². The van der Waals surface area contributed by atoms with Crippen molar-refractivity contribution in [3.8, 4) is 0 Å². The summed E-state index contributed by atoms with van der Waals surface area (Å²) in [6.45, 7) is 5.96. The summed E-state index contributed by atoms with van der Waals surface area (Å²) in [7, 11) is 0. The maximum atomic E-state index is 12.9. The molecule has 3 heterocycles. The minimum absolute atomic E-state index is 0.125. The van der Waals surface area contributed by atoms with E-state index in [1.807, 2.05) is 0 Å². The molecule has 3 saturated heterocycles. The largest absolute Gasteiger partial charge is 0.374 e.